The maximum atomic E-state index is 13.7. The maximum Gasteiger partial charge on any atom is 0.243 e. The number of nitrogens with one attached hydrogen (secondary N) is 6. The summed E-state index contributed by atoms with van der Waals surface area (Å²) in [5.74, 6) is -6.94. The molecule has 412 valence electrons. The van der Waals surface area contributed by atoms with Gasteiger partial charge < -0.3 is 107 Å². The largest absolute Gasteiger partial charge is 0.394 e. The summed E-state index contributed by atoms with van der Waals surface area (Å²) in [6.07, 6.45) is -24.4. The van der Waals surface area contributed by atoms with Crippen molar-refractivity contribution < 1.29 is 103 Å². The summed E-state index contributed by atoms with van der Waals surface area (Å²) in [7, 11) is 0. The Morgan fingerprint density at radius 3 is 1.75 bits per heavy atom. The number of nitrogens with two attached hydrogens (primary N) is 1. The highest BCUT2D eigenvalue weighted by Crippen LogP contribution is 2.33. The zero-order chi connectivity index (χ0) is 54.4. The monoisotopic (exact) mass is 1050 g/mol. The third-order valence-corrected chi connectivity index (χ3v) is 12.4. The molecule has 7 amide bonds. The van der Waals surface area contributed by atoms with Gasteiger partial charge in [-0.25, -0.2) is 0 Å². The first kappa shape index (κ1) is 60.5. The van der Waals surface area contributed by atoms with Gasteiger partial charge in [0, 0.05) is 20.8 Å². The summed E-state index contributed by atoms with van der Waals surface area (Å²) in [6, 6.07) is 1.15. The van der Waals surface area contributed by atoms with Crippen LogP contribution in [0.15, 0.2) is 30.3 Å². The summed E-state index contributed by atoms with van der Waals surface area (Å²) in [6.45, 7) is 5.59. The Bertz CT molecular complexity index is 2010. The van der Waals surface area contributed by atoms with Crippen LogP contribution in [-0.2, 0) is 68.6 Å². The highest BCUT2D eigenvalue weighted by Gasteiger charge is 2.54. The molecule has 1 aromatic carbocycles. The number of benzene rings is 1. The second kappa shape index (κ2) is 28.0. The lowest BCUT2D eigenvalue weighted by Gasteiger charge is -2.50. The van der Waals surface area contributed by atoms with Gasteiger partial charge >= 0.3 is 0 Å². The molecule has 1 aromatic rings. The van der Waals surface area contributed by atoms with Gasteiger partial charge in [-0.3, -0.25) is 33.6 Å². The van der Waals surface area contributed by atoms with Crippen LogP contribution in [0.25, 0.3) is 0 Å². The molecule has 0 bridgehead atoms. The van der Waals surface area contributed by atoms with Crippen LogP contribution in [0.5, 0.6) is 0 Å². The predicted octanol–water partition coefficient (Wildman–Crippen LogP) is -7.16. The van der Waals surface area contributed by atoms with Crippen molar-refractivity contribution in [2.24, 2.45) is 11.7 Å². The molecule has 3 aliphatic rings. The number of hydrogen-bond donors (Lipinski definition) is 15. The van der Waals surface area contributed by atoms with E-state index in [-0.39, 0.29) is 13.2 Å². The fourth-order valence-electron chi connectivity index (χ4n) is 8.36. The molecule has 3 fully saturated rings. The molecule has 3 aliphatic heterocycles. The van der Waals surface area contributed by atoms with E-state index in [0.29, 0.717) is 6.42 Å². The van der Waals surface area contributed by atoms with Crippen molar-refractivity contribution in [3.05, 3.63) is 35.9 Å². The average molecular weight is 1050 g/mol. The highest BCUT2D eigenvalue weighted by atomic mass is 16.7. The molecular weight excluding hydrogens is 975 g/mol. The topological polar surface area (TPSA) is 435 Å². The van der Waals surface area contributed by atoms with Gasteiger partial charge in [-0.15, -0.1) is 0 Å². The van der Waals surface area contributed by atoms with Crippen LogP contribution in [0.2, 0.25) is 0 Å². The summed E-state index contributed by atoms with van der Waals surface area (Å²) in [5.41, 5.74) is 6.10. The molecule has 28 heteroatoms. The minimum Gasteiger partial charge on any atom is -0.394 e. The van der Waals surface area contributed by atoms with Crippen molar-refractivity contribution in [3.63, 3.8) is 0 Å². The number of aliphatic hydroxyl groups excluding tert-OH is 8. The second-order valence-corrected chi connectivity index (χ2v) is 18.2. The molecule has 73 heavy (non-hydrogen) atoms. The van der Waals surface area contributed by atoms with E-state index >= 15 is 0 Å². The van der Waals surface area contributed by atoms with Crippen LogP contribution in [-0.4, -0.2) is 218 Å². The Balaban J connectivity index is 1.52. The van der Waals surface area contributed by atoms with Gasteiger partial charge in [0.1, 0.15) is 91.2 Å². The molecule has 0 unspecified atom stereocenters. The zero-order valence-electron chi connectivity index (χ0n) is 41.1. The Labute approximate surface area is 419 Å². The fourth-order valence-corrected chi connectivity index (χ4v) is 8.36. The average Bonchev–Trinajstić information content (AvgIpc) is 3.33. The number of carbonyl (C=O) groups is 7. The van der Waals surface area contributed by atoms with Gasteiger partial charge in [0.05, 0.1) is 39.0 Å². The lowest BCUT2D eigenvalue weighted by molar-refractivity contribution is -0.358. The summed E-state index contributed by atoms with van der Waals surface area (Å²) >= 11 is 0. The van der Waals surface area contributed by atoms with Gasteiger partial charge in [-0.2, -0.15) is 0 Å². The first-order valence-corrected chi connectivity index (χ1v) is 23.6. The predicted molar refractivity (Wildman–Crippen MR) is 246 cm³/mol. The summed E-state index contributed by atoms with van der Waals surface area (Å²) < 4.78 is 35.3. The van der Waals surface area contributed by atoms with Crippen molar-refractivity contribution in [2.75, 3.05) is 19.8 Å². The highest BCUT2D eigenvalue weighted by molar-refractivity contribution is 5.96. The Hall–Kier alpha value is -5.05. The minimum absolute atomic E-state index is 0.0954. The van der Waals surface area contributed by atoms with Crippen LogP contribution in [0.3, 0.4) is 0 Å². The molecule has 28 nitrogen and oxygen atoms in total. The van der Waals surface area contributed by atoms with Crippen LogP contribution < -0.4 is 37.6 Å². The van der Waals surface area contributed by atoms with Crippen LogP contribution in [0.4, 0.5) is 0 Å². The van der Waals surface area contributed by atoms with Crippen molar-refractivity contribution in [2.45, 2.75) is 177 Å². The third-order valence-electron chi connectivity index (χ3n) is 12.4. The molecule has 4 rings (SSSR count). The molecule has 20 atom stereocenters. The van der Waals surface area contributed by atoms with Crippen LogP contribution in [0.1, 0.15) is 59.9 Å². The lowest BCUT2D eigenvalue weighted by atomic mass is 9.93. The lowest BCUT2D eigenvalue weighted by Crippen LogP contribution is -2.71. The standard InChI is InChI=1S/C45H71N7O21/c1-7-18(2)29(42(67)52-30(19(3)55)40(46)65)51-41(66)24(47-20(4)56)13-28(59)50-43-31(48-21(5)57)34(61)38(25(14-53)69-43)72-44-32(49-22(6)58)35(62)39(26(15-54)70-44)73-45-37(64)36(63)33(60)27(71-45)17-68-16-23-11-9-8-10-12-23/h8-12,18-19,24-27,29-39,43-45,53-55,60-64H,7,13-17H2,1-6H3,(H2,46,65)(H,47,56)(H,48,57)(H,49,58)(H,50,59)(H,51,66)(H,52,67)/t18-,19+,24-,25+,26+,27+,29-,30-,31+,32+,33+,34+,35+,36-,37-,38+,39+,43+,44-,45-/m0/s1. The SMILES string of the molecule is CC[C@H](C)[C@H](NC(=O)[C@H](CC(=O)N[C@@H]1O[C@H](CO)[C@@H](O[C@@H]2O[C@H](CO)[C@@H](O[C@@H]3O[C@H](COCc4ccccc4)[C@@H](O)[C@H](O)[C@@H]3O)[C@H](O)[C@H]2NC(C)=O)[C@H](O)[C@H]1NC(C)=O)NC(C)=O)C(=O)N[C@H](C(N)=O)[C@@H](C)O. The number of carbonyl (C=O) groups excluding carboxylic acids is 7. The van der Waals surface area contributed by atoms with E-state index in [1.54, 1.807) is 44.2 Å². The minimum atomic E-state index is -1.93. The van der Waals surface area contributed by atoms with Crippen LogP contribution >= 0.6 is 0 Å². The number of primary amides is 1. The molecule has 3 heterocycles. The second-order valence-electron chi connectivity index (χ2n) is 18.2. The number of aliphatic hydroxyl groups is 8. The Morgan fingerprint density at radius 2 is 1.21 bits per heavy atom. The van der Waals surface area contributed by atoms with E-state index in [2.05, 4.69) is 31.9 Å². The van der Waals surface area contributed by atoms with Crippen LogP contribution in [0, 0.1) is 5.92 Å². The first-order chi connectivity index (χ1) is 34.4. The van der Waals surface area contributed by atoms with Crippen molar-refractivity contribution in [1.82, 2.24) is 31.9 Å². The van der Waals surface area contributed by atoms with E-state index in [0.717, 1.165) is 26.3 Å². The normalized spacial score (nSPS) is 32.3. The van der Waals surface area contributed by atoms with Gasteiger partial charge in [0.2, 0.25) is 41.4 Å². The van der Waals surface area contributed by atoms with Gasteiger partial charge in [0.25, 0.3) is 0 Å². The van der Waals surface area contributed by atoms with E-state index in [9.17, 15) is 74.4 Å². The van der Waals surface area contributed by atoms with E-state index < -0.39 is 183 Å². The van der Waals surface area contributed by atoms with Gasteiger partial charge in [-0.05, 0) is 18.4 Å². The van der Waals surface area contributed by atoms with E-state index in [4.69, 9.17) is 34.2 Å². The number of rotatable bonds is 24. The van der Waals surface area contributed by atoms with E-state index in [1.807, 2.05) is 0 Å². The fraction of sp³-hybridized carbons (Fsp3) is 0.711. The van der Waals surface area contributed by atoms with Crippen molar-refractivity contribution in [3.8, 4) is 0 Å². The summed E-state index contributed by atoms with van der Waals surface area (Å²) in [5, 5.41) is 101. The first-order valence-electron chi connectivity index (χ1n) is 23.6. The van der Waals surface area contributed by atoms with Crippen molar-refractivity contribution in [1.29, 1.82) is 0 Å². The number of hydrogen-bond acceptors (Lipinski definition) is 21. The maximum absolute atomic E-state index is 13.7. The van der Waals surface area contributed by atoms with E-state index in [1.165, 1.54) is 6.92 Å². The molecular formula is C45H71N7O21. The third kappa shape index (κ3) is 16.5. The molecule has 0 radical (unpaired) electrons. The number of ether oxygens (including phenoxy) is 6. The molecule has 0 aromatic heterocycles. The smallest absolute Gasteiger partial charge is 0.243 e. The Morgan fingerprint density at radius 1 is 0.658 bits per heavy atom. The molecule has 0 aliphatic carbocycles. The molecule has 0 spiro atoms. The summed E-state index contributed by atoms with van der Waals surface area (Å²) in [4.78, 5) is 89.9. The Kier molecular flexibility index (Phi) is 23.2. The zero-order valence-corrected chi connectivity index (χ0v) is 41.1. The van der Waals surface area contributed by atoms with Crippen molar-refractivity contribution >= 4 is 41.4 Å². The molecule has 16 N–H and O–H groups in total. The molecule has 3 saturated heterocycles. The number of amides is 7. The quantitative estimate of drug-likeness (QED) is 0.0457. The van der Waals surface area contributed by atoms with Gasteiger partial charge in [-0.1, -0.05) is 50.6 Å². The molecule has 0 saturated carbocycles. The van der Waals surface area contributed by atoms with Gasteiger partial charge in [0.15, 0.2) is 18.8 Å².